The summed E-state index contributed by atoms with van der Waals surface area (Å²) in [6.07, 6.45) is 7.40. The number of likely N-dealkylation sites (N-methyl/N-ethyl adjacent to an activating group) is 1. The normalized spacial score (nSPS) is 21.6. The Kier molecular flexibility index (Phi) is 4.53. The molecule has 29 heavy (non-hydrogen) atoms. The Balaban J connectivity index is 1.38. The van der Waals surface area contributed by atoms with E-state index < -0.39 is 0 Å². The molecule has 2 fully saturated rings. The zero-order valence-corrected chi connectivity index (χ0v) is 17.3. The lowest BCUT2D eigenvalue weighted by atomic mass is 9.76. The van der Waals surface area contributed by atoms with Gasteiger partial charge < -0.3 is 14.7 Å². The number of anilines is 1. The first-order valence-electron chi connectivity index (χ1n) is 10.7. The third-order valence-corrected chi connectivity index (χ3v) is 7.01. The third kappa shape index (κ3) is 3.19. The van der Waals surface area contributed by atoms with Crippen LogP contribution in [-0.4, -0.2) is 82.2 Å². The van der Waals surface area contributed by atoms with Crippen molar-refractivity contribution in [3.8, 4) is 0 Å². The van der Waals surface area contributed by atoms with Gasteiger partial charge in [0, 0.05) is 56.4 Å². The first-order valence-corrected chi connectivity index (χ1v) is 10.7. The van der Waals surface area contributed by atoms with Crippen molar-refractivity contribution >= 4 is 11.7 Å². The maximum atomic E-state index is 12.7. The lowest BCUT2D eigenvalue weighted by Crippen LogP contribution is -2.46. The number of aryl methyl sites for hydroxylation is 1. The number of carbonyl (C=O) groups is 1. The maximum Gasteiger partial charge on any atom is 0.257 e. The molecule has 154 valence electrons. The minimum Gasteiger partial charge on any atom is -0.354 e. The van der Waals surface area contributed by atoms with Crippen molar-refractivity contribution in [3.63, 3.8) is 0 Å². The summed E-state index contributed by atoms with van der Waals surface area (Å²) >= 11 is 0. The van der Waals surface area contributed by atoms with Gasteiger partial charge in [0.2, 0.25) is 0 Å². The zero-order valence-electron chi connectivity index (χ0n) is 17.3. The molecule has 1 amide bonds. The highest BCUT2D eigenvalue weighted by atomic mass is 16.2. The highest BCUT2D eigenvalue weighted by Crippen LogP contribution is 2.47. The van der Waals surface area contributed by atoms with E-state index in [1.165, 1.54) is 11.3 Å². The Morgan fingerprint density at radius 3 is 2.52 bits per heavy atom. The van der Waals surface area contributed by atoms with Crippen molar-refractivity contribution in [3.05, 3.63) is 35.0 Å². The number of nitrogens with zero attached hydrogens (tertiary/aromatic N) is 6. The molecule has 2 aromatic rings. The van der Waals surface area contributed by atoms with Gasteiger partial charge in [-0.25, -0.2) is 9.97 Å². The minimum absolute atomic E-state index is 0.0730. The van der Waals surface area contributed by atoms with Gasteiger partial charge >= 0.3 is 0 Å². The van der Waals surface area contributed by atoms with Gasteiger partial charge in [0.05, 0.1) is 17.5 Å². The van der Waals surface area contributed by atoms with E-state index in [1.807, 2.05) is 11.8 Å². The predicted octanol–water partition coefficient (Wildman–Crippen LogP) is 1.38. The molecular weight excluding hydrogens is 366 g/mol. The number of piperidine rings is 1. The van der Waals surface area contributed by atoms with E-state index in [0.717, 1.165) is 76.6 Å². The van der Waals surface area contributed by atoms with E-state index in [9.17, 15) is 4.79 Å². The van der Waals surface area contributed by atoms with Crippen LogP contribution < -0.4 is 4.90 Å². The van der Waals surface area contributed by atoms with Crippen LogP contribution >= 0.6 is 0 Å². The lowest BCUT2D eigenvalue weighted by molar-refractivity contribution is 0.0663. The van der Waals surface area contributed by atoms with Crippen molar-refractivity contribution < 1.29 is 4.79 Å². The molecule has 0 atom stereocenters. The second kappa shape index (κ2) is 7.09. The number of aromatic amines is 1. The Labute approximate surface area is 171 Å². The average Bonchev–Trinajstić information content (AvgIpc) is 3.38. The minimum atomic E-state index is 0.0730. The fourth-order valence-corrected chi connectivity index (χ4v) is 5.19. The van der Waals surface area contributed by atoms with Crippen molar-refractivity contribution in [1.82, 2.24) is 30.0 Å². The van der Waals surface area contributed by atoms with Crippen LogP contribution in [-0.2, 0) is 11.8 Å². The zero-order chi connectivity index (χ0) is 20.0. The summed E-state index contributed by atoms with van der Waals surface area (Å²) in [6.45, 7) is 7.77. The van der Waals surface area contributed by atoms with Gasteiger partial charge in [0.15, 0.2) is 0 Å². The Bertz CT molecular complexity index is 894. The monoisotopic (exact) mass is 395 g/mol. The Morgan fingerprint density at radius 1 is 1.07 bits per heavy atom. The summed E-state index contributed by atoms with van der Waals surface area (Å²) in [5.41, 5.74) is 3.35. The van der Waals surface area contributed by atoms with Crippen LogP contribution in [0, 0.1) is 6.92 Å². The van der Waals surface area contributed by atoms with Gasteiger partial charge in [-0.05, 0) is 39.7 Å². The number of hydrogen-bond acceptors (Lipinski definition) is 6. The molecule has 5 rings (SSSR count). The second-order valence-corrected chi connectivity index (χ2v) is 8.77. The first-order chi connectivity index (χ1) is 14.1. The van der Waals surface area contributed by atoms with Crippen LogP contribution in [0.4, 0.5) is 5.82 Å². The van der Waals surface area contributed by atoms with Crippen molar-refractivity contribution in [2.24, 2.45) is 0 Å². The molecule has 2 aliphatic heterocycles. The van der Waals surface area contributed by atoms with Crippen LogP contribution in [0.3, 0.4) is 0 Å². The van der Waals surface area contributed by atoms with Crippen molar-refractivity contribution in [1.29, 1.82) is 0 Å². The first kappa shape index (κ1) is 18.5. The highest BCUT2D eigenvalue weighted by molar-refractivity contribution is 5.93. The standard InChI is InChI=1S/C21H29N7O/c1-15-24-18-17(19(25-15)27-11-9-26(2)10-12-27)3-4-21(18)5-7-28(8-6-21)20(29)16-13-22-23-14-16/h13-14H,3-12H2,1-2H3,(H,22,23). The summed E-state index contributed by atoms with van der Waals surface area (Å²) in [5, 5.41) is 6.65. The molecule has 1 N–H and O–H groups in total. The van der Waals surface area contributed by atoms with Gasteiger partial charge in [0.1, 0.15) is 11.6 Å². The van der Waals surface area contributed by atoms with Crippen molar-refractivity contribution in [2.45, 2.75) is 38.0 Å². The molecule has 1 aliphatic carbocycles. The molecular formula is C21H29N7O. The molecule has 8 heteroatoms. The third-order valence-electron chi connectivity index (χ3n) is 7.01. The molecule has 3 aliphatic rings. The second-order valence-electron chi connectivity index (χ2n) is 8.77. The van der Waals surface area contributed by atoms with Crippen molar-refractivity contribution in [2.75, 3.05) is 51.2 Å². The van der Waals surface area contributed by atoms with Gasteiger partial charge in [-0.3, -0.25) is 9.89 Å². The number of fused-ring (bicyclic) bond motifs is 2. The molecule has 0 saturated carbocycles. The molecule has 0 unspecified atom stereocenters. The van der Waals surface area contributed by atoms with Gasteiger partial charge in [0.25, 0.3) is 5.91 Å². The van der Waals surface area contributed by atoms with E-state index >= 15 is 0 Å². The van der Waals surface area contributed by atoms with E-state index in [0.29, 0.717) is 5.56 Å². The maximum absolute atomic E-state index is 12.7. The molecule has 0 bridgehead atoms. The van der Waals surface area contributed by atoms with Crippen LogP contribution in [0.5, 0.6) is 0 Å². The molecule has 0 radical (unpaired) electrons. The van der Waals surface area contributed by atoms with E-state index in [4.69, 9.17) is 9.97 Å². The summed E-state index contributed by atoms with van der Waals surface area (Å²) in [4.78, 5) is 29.3. The number of H-pyrrole nitrogens is 1. The smallest absolute Gasteiger partial charge is 0.257 e. The molecule has 4 heterocycles. The number of carbonyl (C=O) groups excluding carboxylic acids is 1. The molecule has 0 aromatic carbocycles. The van der Waals surface area contributed by atoms with Gasteiger partial charge in [-0.2, -0.15) is 5.10 Å². The average molecular weight is 396 g/mol. The summed E-state index contributed by atoms with van der Waals surface area (Å²) < 4.78 is 0. The highest BCUT2D eigenvalue weighted by Gasteiger charge is 2.45. The van der Waals surface area contributed by atoms with Crippen LogP contribution in [0.1, 0.15) is 46.7 Å². The molecule has 2 saturated heterocycles. The number of rotatable bonds is 2. The lowest BCUT2D eigenvalue weighted by Gasteiger charge is -2.39. The van der Waals surface area contributed by atoms with Gasteiger partial charge in [-0.15, -0.1) is 0 Å². The van der Waals surface area contributed by atoms with Crippen LogP contribution in [0.15, 0.2) is 12.4 Å². The fourth-order valence-electron chi connectivity index (χ4n) is 5.19. The Hall–Kier alpha value is -2.48. The predicted molar refractivity (Wildman–Crippen MR) is 110 cm³/mol. The van der Waals surface area contributed by atoms with Crippen LogP contribution in [0.25, 0.3) is 0 Å². The van der Waals surface area contributed by atoms with Gasteiger partial charge in [-0.1, -0.05) is 0 Å². The molecule has 1 spiro atoms. The summed E-state index contributed by atoms with van der Waals surface area (Å²) in [5.74, 6) is 2.11. The Morgan fingerprint density at radius 2 is 1.83 bits per heavy atom. The quantitative estimate of drug-likeness (QED) is 0.827. The summed E-state index contributed by atoms with van der Waals surface area (Å²) in [7, 11) is 2.18. The van der Waals surface area contributed by atoms with Crippen LogP contribution in [0.2, 0.25) is 0 Å². The topological polar surface area (TPSA) is 81.2 Å². The number of nitrogens with one attached hydrogen (secondary N) is 1. The fraction of sp³-hybridized carbons (Fsp3) is 0.619. The largest absolute Gasteiger partial charge is 0.354 e. The number of aromatic nitrogens is 4. The molecule has 2 aromatic heterocycles. The number of piperazine rings is 1. The van der Waals surface area contributed by atoms with E-state index in [1.54, 1.807) is 12.4 Å². The number of hydrogen-bond donors (Lipinski definition) is 1. The van der Waals surface area contributed by atoms with E-state index in [-0.39, 0.29) is 11.3 Å². The van der Waals surface area contributed by atoms with E-state index in [2.05, 4.69) is 27.0 Å². The molecule has 8 nitrogen and oxygen atoms in total. The SMILES string of the molecule is Cc1nc(N2CCN(C)CC2)c2c(n1)C1(CC2)CCN(C(=O)c2cn[nH]c2)CC1. The number of amides is 1. The number of likely N-dealkylation sites (tertiary alicyclic amines) is 1. The summed E-state index contributed by atoms with van der Waals surface area (Å²) in [6, 6.07) is 0.